The van der Waals surface area contributed by atoms with Crippen LogP contribution in [0, 0.1) is 13.8 Å². The van der Waals surface area contributed by atoms with E-state index in [-0.39, 0.29) is 23.6 Å². The quantitative estimate of drug-likeness (QED) is 0.589. The number of thioether (sulfide) groups is 1. The van der Waals surface area contributed by atoms with Crippen LogP contribution in [0.25, 0.3) is 0 Å². The van der Waals surface area contributed by atoms with E-state index in [4.69, 9.17) is 4.74 Å². The molecule has 0 radical (unpaired) electrons. The largest absolute Gasteiger partial charge is 0.491 e. The number of hydrogen-bond donors (Lipinski definition) is 1. The van der Waals surface area contributed by atoms with Crippen molar-refractivity contribution in [1.82, 2.24) is 4.57 Å². The second-order valence-electron chi connectivity index (χ2n) is 6.84. The molecule has 0 bridgehead atoms. The van der Waals surface area contributed by atoms with Gasteiger partial charge in [0, 0.05) is 28.1 Å². The zero-order chi connectivity index (χ0) is 20.8. The molecule has 1 aromatic heterocycles. The highest BCUT2D eigenvalue weighted by Gasteiger charge is 2.11. The summed E-state index contributed by atoms with van der Waals surface area (Å²) in [6.07, 6.45) is 1.60. The van der Waals surface area contributed by atoms with Gasteiger partial charge in [0.05, 0.1) is 13.3 Å². The molecule has 0 aliphatic heterocycles. The number of rotatable bonds is 7. The maximum absolute atomic E-state index is 12.6. The lowest BCUT2D eigenvalue weighted by Crippen LogP contribution is -2.22. The van der Waals surface area contributed by atoms with Crippen molar-refractivity contribution in [3.05, 3.63) is 87.8 Å². The minimum Gasteiger partial charge on any atom is -0.491 e. The molecule has 0 aliphatic carbocycles. The van der Waals surface area contributed by atoms with E-state index in [1.165, 1.54) is 12.7 Å². The molecule has 0 unspecified atom stereocenters. The summed E-state index contributed by atoms with van der Waals surface area (Å²) in [5.74, 6) is 0.625. The lowest BCUT2D eigenvalue weighted by Gasteiger charge is -2.15. The van der Waals surface area contributed by atoms with Gasteiger partial charge >= 0.3 is 0 Å². The third-order valence-electron chi connectivity index (χ3n) is 4.43. The third kappa shape index (κ3) is 5.74. The van der Waals surface area contributed by atoms with Crippen molar-refractivity contribution in [2.24, 2.45) is 0 Å². The molecule has 2 aromatic carbocycles. The summed E-state index contributed by atoms with van der Waals surface area (Å²) in [6.45, 7) is 4.11. The lowest BCUT2D eigenvalue weighted by atomic mass is 10.2. The Hall–Kier alpha value is -2.99. The number of benzene rings is 2. The number of anilines is 1. The van der Waals surface area contributed by atoms with Crippen LogP contribution >= 0.6 is 11.8 Å². The number of ether oxygens (including phenoxy) is 1. The second-order valence-corrected chi connectivity index (χ2v) is 7.89. The van der Waals surface area contributed by atoms with Crippen LogP contribution in [0.5, 0.6) is 5.75 Å². The number of pyridine rings is 1. The van der Waals surface area contributed by atoms with E-state index in [1.54, 1.807) is 28.6 Å². The fraction of sp³-hybridized carbons (Fsp3) is 0.217. The van der Waals surface area contributed by atoms with E-state index in [0.717, 1.165) is 21.8 Å². The summed E-state index contributed by atoms with van der Waals surface area (Å²) >= 11 is 1.62. The molecule has 0 saturated heterocycles. The van der Waals surface area contributed by atoms with E-state index in [0.29, 0.717) is 5.75 Å². The zero-order valence-electron chi connectivity index (χ0n) is 16.8. The molecule has 5 nitrogen and oxygen atoms in total. The van der Waals surface area contributed by atoms with Gasteiger partial charge < -0.3 is 14.6 Å². The van der Waals surface area contributed by atoms with Gasteiger partial charge in [-0.15, -0.1) is 11.8 Å². The van der Waals surface area contributed by atoms with Crippen molar-refractivity contribution in [2.45, 2.75) is 31.0 Å². The van der Waals surface area contributed by atoms with Crippen molar-refractivity contribution in [3.8, 4) is 5.75 Å². The van der Waals surface area contributed by atoms with Gasteiger partial charge in [0.25, 0.3) is 0 Å². The Balaban J connectivity index is 1.78. The molecule has 0 atom stereocenters. The average Bonchev–Trinajstić information content (AvgIpc) is 2.69. The standard InChI is InChI=1S/C23H24N2O3S/c1-16-7-9-20(10-8-16)29-15-19-12-21(26)22(28-3)13-25(19)14-23(27)24-18-6-4-5-17(2)11-18/h4-13H,14-15H2,1-3H3,(H,24,27). The smallest absolute Gasteiger partial charge is 0.244 e. The van der Waals surface area contributed by atoms with Gasteiger partial charge in [0.15, 0.2) is 5.75 Å². The summed E-state index contributed by atoms with van der Waals surface area (Å²) in [4.78, 5) is 25.9. The molecule has 150 valence electrons. The molecule has 3 aromatic rings. The minimum absolute atomic E-state index is 0.0916. The number of nitrogens with one attached hydrogen (secondary N) is 1. The molecule has 6 heteroatoms. The van der Waals surface area contributed by atoms with Crippen molar-refractivity contribution >= 4 is 23.4 Å². The van der Waals surface area contributed by atoms with Gasteiger partial charge in [-0.25, -0.2) is 0 Å². The molecule has 0 saturated carbocycles. The minimum atomic E-state index is -0.192. The molecular formula is C23H24N2O3S. The number of carbonyl (C=O) groups excluding carboxylic acids is 1. The Kier molecular flexibility index (Phi) is 6.77. The highest BCUT2D eigenvalue weighted by atomic mass is 32.2. The van der Waals surface area contributed by atoms with Crippen molar-refractivity contribution in [1.29, 1.82) is 0 Å². The number of aryl methyl sites for hydroxylation is 2. The van der Waals surface area contributed by atoms with Crippen LogP contribution < -0.4 is 15.5 Å². The predicted molar refractivity (Wildman–Crippen MR) is 118 cm³/mol. The number of hydrogen-bond acceptors (Lipinski definition) is 4. The van der Waals surface area contributed by atoms with Gasteiger partial charge in [-0.2, -0.15) is 0 Å². The summed E-state index contributed by atoms with van der Waals surface area (Å²) in [6, 6.07) is 17.4. The molecule has 29 heavy (non-hydrogen) atoms. The van der Waals surface area contributed by atoms with E-state index < -0.39 is 0 Å². The number of aromatic nitrogens is 1. The van der Waals surface area contributed by atoms with Crippen LogP contribution in [0.4, 0.5) is 5.69 Å². The predicted octanol–water partition coefficient (Wildman–Crippen LogP) is 4.40. The van der Waals surface area contributed by atoms with Crippen LogP contribution in [0.15, 0.2) is 70.5 Å². The number of amides is 1. The number of carbonyl (C=O) groups is 1. The molecule has 0 spiro atoms. The van der Waals surface area contributed by atoms with Crippen molar-refractivity contribution < 1.29 is 9.53 Å². The maximum Gasteiger partial charge on any atom is 0.244 e. The lowest BCUT2D eigenvalue weighted by molar-refractivity contribution is -0.116. The fourth-order valence-electron chi connectivity index (χ4n) is 2.89. The Morgan fingerprint density at radius 3 is 2.52 bits per heavy atom. The summed E-state index contributed by atoms with van der Waals surface area (Å²) in [5.41, 5.74) is 3.59. The first kappa shape index (κ1) is 20.7. The van der Waals surface area contributed by atoms with Gasteiger partial charge in [-0.1, -0.05) is 29.8 Å². The Bertz CT molecular complexity index is 1060. The second kappa shape index (κ2) is 9.47. The van der Waals surface area contributed by atoms with Crippen LogP contribution in [0.1, 0.15) is 16.8 Å². The third-order valence-corrected chi connectivity index (χ3v) is 5.47. The first-order valence-electron chi connectivity index (χ1n) is 9.28. The Morgan fingerprint density at radius 1 is 1.07 bits per heavy atom. The summed E-state index contributed by atoms with van der Waals surface area (Å²) in [7, 11) is 1.45. The first-order valence-corrected chi connectivity index (χ1v) is 10.3. The highest BCUT2D eigenvalue weighted by Crippen LogP contribution is 2.23. The van der Waals surface area contributed by atoms with Crippen LogP contribution in [-0.4, -0.2) is 17.6 Å². The molecule has 0 fully saturated rings. The van der Waals surface area contributed by atoms with E-state index >= 15 is 0 Å². The average molecular weight is 409 g/mol. The summed E-state index contributed by atoms with van der Waals surface area (Å²) in [5, 5.41) is 2.91. The molecule has 1 heterocycles. The Labute approximate surface area is 174 Å². The monoisotopic (exact) mass is 408 g/mol. The molecule has 1 amide bonds. The molecule has 3 rings (SSSR count). The number of methoxy groups -OCH3 is 1. The maximum atomic E-state index is 12.6. The van der Waals surface area contributed by atoms with E-state index in [2.05, 4.69) is 29.6 Å². The van der Waals surface area contributed by atoms with Gasteiger partial charge in [-0.3, -0.25) is 9.59 Å². The van der Waals surface area contributed by atoms with Crippen LogP contribution in [0.2, 0.25) is 0 Å². The molecular weight excluding hydrogens is 384 g/mol. The Morgan fingerprint density at radius 2 is 1.83 bits per heavy atom. The van der Waals surface area contributed by atoms with Gasteiger partial charge in [-0.05, 0) is 43.7 Å². The first-order chi connectivity index (χ1) is 13.9. The number of nitrogens with zero attached hydrogens (tertiary/aromatic N) is 1. The van der Waals surface area contributed by atoms with Crippen LogP contribution in [0.3, 0.4) is 0 Å². The topological polar surface area (TPSA) is 60.3 Å². The van der Waals surface area contributed by atoms with Crippen LogP contribution in [-0.2, 0) is 17.1 Å². The van der Waals surface area contributed by atoms with Crippen molar-refractivity contribution in [3.63, 3.8) is 0 Å². The summed E-state index contributed by atoms with van der Waals surface area (Å²) < 4.78 is 6.93. The zero-order valence-corrected chi connectivity index (χ0v) is 17.6. The van der Waals surface area contributed by atoms with Gasteiger partial charge in [0.1, 0.15) is 6.54 Å². The highest BCUT2D eigenvalue weighted by molar-refractivity contribution is 7.98. The SMILES string of the molecule is COc1cn(CC(=O)Nc2cccc(C)c2)c(CSc2ccc(C)cc2)cc1=O. The van der Waals surface area contributed by atoms with E-state index in [1.807, 2.05) is 38.1 Å². The molecule has 0 aliphatic rings. The van der Waals surface area contributed by atoms with Crippen molar-refractivity contribution in [2.75, 3.05) is 12.4 Å². The fourth-order valence-corrected chi connectivity index (χ4v) is 3.78. The normalized spacial score (nSPS) is 10.6. The van der Waals surface area contributed by atoms with E-state index in [9.17, 15) is 9.59 Å². The molecule has 1 N–H and O–H groups in total. The van der Waals surface area contributed by atoms with Gasteiger partial charge in [0.2, 0.25) is 11.3 Å².